The molecule has 0 aromatic carbocycles. The third-order valence-electron chi connectivity index (χ3n) is 10.2. The zero-order valence-corrected chi connectivity index (χ0v) is 23.3. The minimum atomic E-state index is -2.36. The standard InChI is InChI=1S/C29H37F2NO7/c1-7-25(3,4)38-24(36)39-29(23(35)37-11-10-32)16(2)12-18-19-14-21(30)20-13-17(33)8-9-26(20,5)28(19,31)22(34)15-27(18,29)6/h8-9,13,16,18-19,21-22,34H,7,11-12,14-15H2,1-6H3/t16-,18+,19+,21+,22+,26+,27+,28+,29+/m1/s1. The molecule has 3 saturated carbocycles. The first-order valence-corrected chi connectivity index (χ1v) is 13.5. The van der Waals surface area contributed by atoms with Crippen LogP contribution < -0.4 is 0 Å². The monoisotopic (exact) mass is 549 g/mol. The van der Waals surface area contributed by atoms with Crippen LogP contribution in [0.1, 0.15) is 67.2 Å². The van der Waals surface area contributed by atoms with E-state index in [9.17, 15) is 19.5 Å². The van der Waals surface area contributed by atoms with Gasteiger partial charge in [0, 0.05) is 22.7 Å². The van der Waals surface area contributed by atoms with Gasteiger partial charge in [0.1, 0.15) is 17.8 Å². The van der Waals surface area contributed by atoms with Gasteiger partial charge in [0.05, 0.1) is 6.10 Å². The number of hydrogen-bond donors (Lipinski definition) is 1. The molecule has 214 valence electrons. The largest absolute Gasteiger partial charge is 0.509 e. The second-order valence-corrected chi connectivity index (χ2v) is 12.5. The Morgan fingerprint density at radius 1 is 1.26 bits per heavy atom. The van der Waals surface area contributed by atoms with Crippen LogP contribution in [0.15, 0.2) is 23.8 Å². The van der Waals surface area contributed by atoms with Crippen LogP contribution in [0.25, 0.3) is 0 Å². The zero-order valence-electron chi connectivity index (χ0n) is 23.3. The van der Waals surface area contributed by atoms with Crippen molar-refractivity contribution in [2.75, 3.05) is 6.61 Å². The highest BCUT2D eigenvalue weighted by Gasteiger charge is 2.79. The normalized spacial score (nSPS) is 42.8. The van der Waals surface area contributed by atoms with Crippen LogP contribution in [0, 0.1) is 39.9 Å². The van der Waals surface area contributed by atoms with Crippen LogP contribution in [0.4, 0.5) is 13.6 Å². The van der Waals surface area contributed by atoms with Gasteiger partial charge < -0.3 is 19.3 Å². The van der Waals surface area contributed by atoms with E-state index in [-0.39, 0.29) is 24.8 Å². The lowest BCUT2D eigenvalue weighted by Gasteiger charge is -2.62. The average molecular weight is 550 g/mol. The highest BCUT2D eigenvalue weighted by atomic mass is 19.1. The van der Waals surface area contributed by atoms with Gasteiger partial charge in [-0.15, -0.1) is 0 Å². The minimum Gasteiger partial charge on any atom is -0.447 e. The summed E-state index contributed by atoms with van der Waals surface area (Å²) in [4.78, 5) is 38.8. The molecule has 4 aliphatic rings. The Morgan fingerprint density at radius 2 is 1.92 bits per heavy atom. The first-order chi connectivity index (χ1) is 18.0. The molecule has 39 heavy (non-hydrogen) atoms. The van der Waals surface area contributed by atoms with Crippen molar-refractivity contribution in [3.05, 3.63) is 23.8 Å². The minimum absolute atomic E-state index is 0.0104. The van der Waals surface area contributed by atoms with Gasteiger partial charge in [-0.25, -0.2) is 18.4 Å². The Balaban J connectivity index is 1.83. The Morgan fingerprint density at radius 3 is 2.54 bits per heavy atom. The summed E-state index contributed by atoms with van der Waals surface area (Å²) < 4.78 is 49.7. The lowest BCUT2D eigenvalue weighted by atomic mass is 9.44. The highest BCUT2D eigenvalue weighted by molar-refractivity contribution is 6.01. The average Bonchev–Trinajstić information content (AvgIpc) is 3.07. The predicted molar refractivity (Wildman–Crippen MR) is 134 cm³/mol. The number of halogens is 2. The SMILES string of the molecule is CCC(C)(C)OC(=O)O[C@]1(C(=O)OCC#N)[C@H](C)C[C@H]2[C@@H]3C[C@H](F)C4=CC(=O)C=C[C@]4(C)[C@@]3(F)[C@@H](O)C[C@@]21C. The van der Waals surface area contributed by atoms with Crippen LogP contribution >= 0.6 is 0 Å². The van der Waals surface area contributed by atoms with Crippen molar-refractivity contribution in [1.82, 2.24) is 0 Å². The summed E-state index contributed by atoms with van der Waals surface area (Å²) in [5.74, 6) is -3.98. The van der Waals surface area contributed by atoms with E-state index in [1.807, 2.05) is 6.92 Å². The number of ether oxygens (including phenoxy) is 3. The van der Waals surface area contributed by atoms with Crippen molar-refractivity contribution in [1.29, 1.82) is 5.26 Å². The molecule has 0 aliphatic heterocycles. The van der Waals surface area contributed by atoms with Gasteiger partial charge in [-0.1, -0.05) is 26.8 Å². The maximum absolute atomic E-state index is 17.4. The molecule has 8 nitrogen and oxygen atoms in total. The van der Waals surface area contributed by atoms with Crippen LogP contribution in [-0.2, 0) is 23.8 Å². The number of fused-ring (bicyclic) bond motifs is 5. The number of allylic oxidation sites excluding steroid dienone is 4. The van der Waals surface area contributed by atoms with E-state index < -0.39 is 82.2 Å². The number of ketones is 1. The van der Waals surface area contributed by atoms with E-state index in [1.165, 1.54) is 19.1 Å². The molecule has 1 N–H and O–H groups in total. The van der Waals surface area contributed by atoms with E-state index in [1.54, 1.807) is 33.8 Å². The zero-order chi connectivity index (χ0) is 29.2. The van der Waals surface area contributed by atoms with Crippen molar-refractivity contribution >= 4 is 17.9 Å². The third kappa shape index (κ3) is 3.94. The molecule has 0 spiro atoms. The van der Waals surface area contributed by atoms with Crippen molar-refractivity contribution in [2.24, 2.45) is 28.6 Å². The summed E-state index contributed by atoms with van der Waals surface area (Å²) in [5, 5.41) is 20.6. The number of alkyl halides is 2. The molecule has 0 unspecified atom stereocenters. The molecular formula is C29H37F2NO7. The molecule has 0 bridgehead atoms. The third-order valence-corrected chi connectivity index (χ3v) is 10.2. The number of aliphatic hydroxyl groups is 1. The van der Waals surface area contributed by atoms with Crippen LogP contribution in [0.3, 0.4) is 0 Å². The molecule has 0 aromatic rings. The molecule has 4 aliphatic carbocycles. The van der Waals surface area contributed by atoms with E-state index in [0.29, 0.717) is 6.42 Å². The number of rotatable bonds is 5. The van der Waals surface area contributed by atoms with E-state index >= 15 is 8.78 Å². The van der Waals surface area contributed by atoms with Gasteiger partial charge >= 0.3 is 12.1 Å². The Bertz CT molecular complexity index is 1180. The van der Waals surface area contributed by atoms with E-state index in [0.717, 1.165) is 6.08 Å². The fourth-order valence-corrected chi connectivity index (χ4v) is 7.87. The maximum atomic E-state index is 17.4. The van der Waals surface area contributed by atoms with Gasteiger partial charge in [-0.05, 0) is 70.1 Å². The molecular weight excluding hydrogens is 512 g/mol. The van der Waals surface area contributed by atoms with Crippen molar-refractivity contribution in [3.8, 4) is 6.07 Å². The number of carbonyl (C=O) groups excluding carboxylic acids is 3. The van der Waals surface area contributed by atoms with Gasteiger partial charge in [0.2, 0.25) is 5.60 Å². The second-order valence-electron chi connectivity index (χ2n) is 12.5. The Kier molecular flexibility index (Phi) is 7.03. The van der Waals surface area contributed by atoms with Crippen molar-refractivity contribution in [2.45, 2.75) is 96.4 Å². The summed E-state index contributed by atoms with van der Waals surface area (Å²) >= 11 is 0. The Labute approximate surface area is 227 Å². The number of carbonyl (C=O) groups is 3. The van der Waals surface area contributed by atoms with Gasteiger partial charge in [-0.2, -0.15) is 5.26 Å². The Hall–Kier alpha value is -2.80. The molecule has 0 heterocycles. The molecule has 0 aromatic heterocycles. The number of hydrogen-bond acceptors (Lipinski definition) is 8. The number of esters is 1. The molecule has 3 fully saturated rings. The number of nitriles is 1. The number of aliphatic hydroxyl groups excluding tert-OH is 1. The van der Waals surface area contributed by atoms with Crippen LogP contribution in [0.2, 0.25) is 0 Å². The summed E-state index contributed by atoms with van der Waals surface area (Å²) in [6.07, 6.45) is -0.872. The van der Waals surface area contributed by atoms with E-state index in [2.05, 4.69) is 0 Å². The molecule has 9 atom stereocenters. The molecule has 10 heteroatoms. The predicted octanol–water partition coefficient (Wildman–Crippen LogP) is 4.70. The molecule has 4 rings (SSSR count). The molecule has 0 radical (unpaired) electrons. The van der Waals surface area contributed by atoms with Gasteiger partial charge in [0.25, 0.3) is 0 Å². The smallest absolute Gasteiger partial charge is 0.447 e. The van der Waals surface area contributed by atoms with Gasteiger partial charge in [-0.3, -0.25) is 4.79 Å². The van der Waals surface area contributed by atoms with E-state index in [4.69, 9.17) is 19.5 Å². The number of nitrogens with zero attached hydrogens (tertiary/aromatic N) is 1. The van der Waals surface area contributed by atoms with Crippen molar-refractivity contribution < 1.29 is 42.5 Å². The summed E-state index contributed by atoms with van der Waals surface area (Å²) in [5.41, 5.74) is -8.30. The molecule has 0 saturated heterocycles. The topological polar surface area (TPSA) is 123 Å². The highest BCUT2D eigenvalue weighted by Crippen LogP contribution is 2.71. The van der Waals surface area contributed by atoms with Crippen molar-refractivity contribution in [3.63, 3.8) is 0 Å². The summed E-state index contributed by atoms with van der Waals surface area (Å²) in [6.45, 7) is 9.32. The lowest BCUT2D eigenvalue weighted by Crippen LogP contribution is -2.71. The first-order valence-electron chi connectivity index (χ1n) is 13.5. The van der Waals surface area contributed by atoms with Crippen LogP contribution in [-0.4, -0.2) is 58.8 Å². The summed E-state index contributed by atoms with van der Waals surface area (Å²) in [7, 11) is 0. The quantitative estimate of drug-likeness (QED) is 0.490. The van der Waals surface area contributed by atoms with Gasteiger partial charge in [0.15, 0.2) is 18.1 Å². The fourth-order valence-electron chi connectivity index (χ4n) is 7.87. The molecule has 0 amide bonds. The maximum Gasteiger partial charge on any atom is 0.509 e. The fraction of sp³-hybridized carbons (Fsp3) is 0.724. The lowest BCUT2D eigenvalue weighted by molar-refractivity contribution is -0.234. The first kappa shape index (κ1) is 29.2. The summed E-state index contributed by atoms with van der Waals surface area (Å²) in [6, 6.07) is 1.73. The van der Waals surface area contributed by atoms with Crippen LogP contribution in [0.5, 0.6) is 0 Å². The second kappa shape index (κ2) is 9.39.